The molecule has 2 rings (SSSR count). The van der Waals surface area contributed by atoms with Gasteiger partial charge in [0.2, 0.25) is 0 Å². The summed E-state index contributed by atoms with van der Waals surface area (Å²) in [5.74, 6) is 0.160. The normalized spacial score (nSPS) is 23.9. The Morgan fingerprint density at radius 1 is 1.00 bits per heavy atom. The Bertz CT molecular complexity index is 365. The molecule has 0 radical (unpaired) electrons. The van der Waals surface area contributed by atoms with Gasteiger partial charge in [-0.2, -0.15) is 12.6 Å². The van der Waals surface area contributed by atoms with Crippen molar-refractivity contribution in [1.29, 1.82) is 0 Å². The molecule has 0 aromatic rings. The summed E-state index contributed by atoms with van der Waals surface area (Å²) in [6.45, 7) is 4.59. The van der Waals surface area contributed by atoms with Gasteiger partial charge in [0.1, 0.15) is 0 Å². The van der Waals surface area contributed by atoms with Gasteiger partial charge < -0.3 is 9.80 Å². The SMILES string of the molecule is CCN1CCN(CC2(CS)CCCCCC2)C(=O)C1=O. The second-order valence-corrected chi connectivity index (χ2v) is 6.50. The molecule has 2 aliphatic rings. The third-order valence-electron chi connectivity index (χ3n) is 4.80. The zero-order chi connectivity index (χ0) is 14.6. The van der Waals surface area contributed by atoms with Crippen LogP contribution in [0.2, 0.25) is 0 Å². The highest BCUT2D eigenvalue weighted by atomic mass is 32.1. The average molecular weight is 298 g/mol. The Kier molecular flexibility index (Phi) is 5.35. The molecule has 0 spiro atoms. The summed E-state index contributed by atoms with van der Waals surface area (Å²) in [5.41, 5.74) is 0.115. The molecular weight excluding hydrogens is 272 g/mol. The van der Waals surface area contributed by atoms with Gasteiger partial charge in [-0.1, -0.05) is 25.7 Å². The number of likely N-dealkylation sites (N-methyl/N-ethyl adjacent to an activating group) is 1. The Labute approximate surface area is 127 Å². The number of nitrogens with zero attached hydrogens (tertiary/aromatic N) is 2. The lowest BCUT2D eigenvalue weighted by Crippen LogP contribution is -2.56. The minimum absolute atomic E-state index is 0.115. The summed E-state index contributed by atoms with van der Waals surface area (Å²) < 4.78 is 0. The predicted molar refractivity (Wildman–Crippen MR) is 82.8 cm³/mol. The lowest BCUT2D eigenvalue weighted by Gasteiger charge is -2.40. The van der Waals surface area contributed by atoms with Crippen LogP contribution in [0.25, 0.3) is 0 Å². The van der Waals surface area contributed by atoms with E-state index >= 15 is 0 Å². The maximum Gasteiger partial charge on any atom is 0.312 e. The van der Waals surface area contributed by atoms with Gasteiger partial charge in [-0.05, 0) is 30.9 Å². The molecule has 1 saturated carbocycles. The van der Waals surface area contributed by atoms with Crippen LogP contribution in [-0.4, -0.2) is 53.5 Å². The first-order valence-electron chi connectivity index (χ1n) is 7.81. The topological polar surface area (TPSA) is 40.6 Å². The number of carbonyl (C=O) groups excluding carboxylic acids is 2. The molecule has 1 heterocycles. The number of hydrogen-bond donors (Lipinski definition) is 1. The predicted octanol–water partition coefficient (Wildman–Crippen LogP) is 1.95. The van der Waals surface area contributed by atoms with Crippen LogP contribution in [0.5, 0.6) is 0 Å². The quantitative estimate of drug-likeness (QED) is 0.489. The van der Waals surface area contributed by atoms with Crippen LogP contribution in [0, 0.1) is 5.41 Å². The minimum Gasteiger partial charge on any atom is -0.333 e. The minimum atomic E-state index is -0.332. The monoisotopic (exact) mass is 298 g/mol. The molecule has 0 aromatic carbocycles. The molecule has 5 heteroatoms. The van der Waals surface area contributed by atoms with Crippen molar-refractivity contribution in [3.63, 3.8) is 0 Å². The second-order valence-electron chi connectivity index (χ2n) is 6.18. The fraction of sp³-hybridized carbons (Fsp3) is 0.867. The van der Waals surface area contributed by atoms with Crippen LogP contribution in [0.1, 0.15) is 45.4 Å². The fourth-order valence-corrected chi connectivity index (χ4v) is 3.83. The van der Waals surface area contributed by atoms with Gasteiger partial charge in [-0.25, -0.2) is 0 Å². The van der Waals surface area contributed by atoms with Gasteiger partial charge in [0.25, 0.3) is 0 Å². The molecule has 20 heavy (non-hydrogen) atoms. The number of hydrogen-bond acceptors (Lipinski definition) is 3. The first kappa shape index (κ1) is 15.7. The molecule has 2 fully saturated rings. The standard InChI is InChI=1S/C15H26N2O2S/c1-2-16-9-10-17(14(19)13(16)18)11-15(12-20)7-5-3-4-6-8-15/h20H,2-12H2,1H3. The number of thiol groups is 1. The zero-order valence-corrected chi connectivity index (χ0v) is 13.3. The van der Waals surface area contributed by atoms with Gasteiger partial charge in [0, 0.05) is 26.2 Å². The number of rotatable bonds is 4. The largest absolute Gasteiger partial charge is 0.333 e. The van der Waals surface area contributed by atoms with Crippen LogP contribution >= 0.6 is 12.6 Å². The highest BCUT2D eigenvalue weighted by Gasteiger charge is 2.38. The molecule has 1 aliphatic carbocycles. The van der Waals surface area contributed by atoms with Crippen molar-refractivity contribution in [2.75, 3.05) is 31.9 Å². The summed E-state index contributed by atoms with van der Waals surface area (Å²) >= 11 is 4.55. The maximum absolute atomic E-state index is 12.2. The molecule has 0 bridgehead atoms. The lowest BCUT2D eigenvalue weighted by molar-refractivity contribution is -0.156. The van der Waals surface area contributed by atoms with Crippen LogP contribution in [0.3, 0.4) is 0 Å². The molecule has 4 nitrogen and oxygen atoms in total. The van der Waals surface area contributed by atoms with Gasteiger partial charge >= 0.3 is 11.8 Å². The average Bonchev–Trinajstić information content (AvgIpc) is 2.70. The third kappa shape index (κ3) is 3.30. The Morgan fingerprint density at radius 3 is 2.10 bits per heavy atom. The van der Waals surface area contributed by atoms with Crippen molar-refractivity contribution in [1.82, 2.24) is 9.80 Å². The third-order valence-corrected chi connectivity index (χ3v) is 5.48. The molecular formula is C15H26N2O2S. The molecule has 0 atom stereocenters. The number of carbonyl (C=O) groups is 2. The van der Waals surface area contributed by atoms with Crippen molar-refractivity contribution in [3.8, 4) is 0 Å². The van der Waals surface area contributed by atoms with Crippen LogP contribution in [0.15, 0.2) is 0 Å². The summed E-state index contributed by atoms with van der Waals surface area (Å²) in [5, 5.41) is 0. The lowest BCUT2D eigenvalue weighted by atomic mass is 9.81. The van der Waals surface area contributed by atoms with Gasteiger partial charge in [-0.15, -0.1) is 0 Å². The van der Waals surface area contributed by atoms with E-state index in [2.05, 4.69) is 12.6 Å². The molecule has 2 amide bonds. The highest BCUT2D eigenvalue weighted by Crippen LogP contribution is 2.37. The number of piperazine rings is 1. The van der Waals surface area contributed by atoms with Gasteiger partial charge in [-0.3, -0.25) is 9.59 Å². The Balaban J connectivity index is 2.04. The van der Waals surface area contributed by atoms with Crippen molar-refractivity contribution >= 4 is 24.4 Å². The maximum atomic E-state index is 12.2. The summed E-state index contributed by atoms with van der Waals surface area (Å²) in [7, 11) is 0. The van der Waals surface area contributed by atoms with E-state index in [0.29, 0.717) is 26.2 Å². The van der Waals surface area contributed by atoms with Crippen molar-refractivity contribution in [2.24, 2.45) is 5.41 Å². The summed E-state index contributed by atoms with van der Waals surface area (Å²) in [4.78, 5) is 27.6. The second kappa shape index (κ2) is 6.83. The van der Waals surface area contributed by atoms with Crippen molar-refractivity contribution < 1.29 is 9.59 Å². The van der Waals surface area contributed by atoms with Crippen molar-refractivity contribution in [2.45, 2.75) is 45.4 Å². The first-order valence-corrected chi connectivity index (χ1v) is 8.44. The molecule has 114 valence electrons. The molecule has 1 aliphatic heterocycles. The Hall–Kier alpha value is -0.710. The van der Waals surface area contributed by atoms with E-state index in [-0.39, 0.29) is 17.2 Å². The fourth-order valence-electron chi connectivity index (χ4n) is 3.42. The number of amides is 2. The van der Waals surface area contributed by atoms with Crippen LogP contribution < -0.4 is 0 Å². The molecule has 0 unspecified atom stereocenters. The van der Waals surface area contributed by atoms with Crippen molar-refractivity contribution in [3.05, 3.63) is 0 Å². The molecule has 0 aromatic heterocycles. The zero-order valence-electron chi connectivity index (χ0n) is 12.4. The van der Waals surface area contributed by atoms with E-state index in [1.165, 1.54) is 25.7 Å². The smallest absolute Gasteiger partial charge is 0.312 e. The molecule has 1 saturated heterocycles. The van der Waals surface area contributed by atoms with Gasteiger partial charge in [0.15, 0.2) is 0 Å². The van der Waals surface area contributed by atoms with E-state index in [9.17, 15) is 9.59 Å². The first-order chi connectivity index (χ1) is 9.62. The van der Waals surface area contributed by atoms with Gasteiger partial charge in [0.05, 0.1) is 0 Å². The summed E-state index contributed by atoms with van der Waals surface area (Å²) in [6, 6.07) is 0. The highest BCUT2D eigenvalue weighted by molar-refractivity contribution is 7.80. The van der Waals surface area contributed by atoms with E-state index in [0.717, 1.165) is 18.6 Å². The Morgan fingerprint density at radius 2 is 1.55 bits per heavy atom. The van der Waals surface area contributed by atoms with E-state index < -0.39 is 0 Å². The molecule has 0 N–H and O–H groups in total. The van der Waals surface area contributed by atoms with E-state index in [1.54, 1.807) is 9.80 Å². The van der Waals surface area contributed by atoms with Crippen LogP contribution in [-0.2, 0) is 9.59 Å². The summed E-state index contributed by atoms with van der Waals surface area (Å²) in [6.07, 6.45) is 7.27. The van der Waals surface area contributed by atoms with E-state index in [4.69, 9.17) is 0 Å². The van der Waals surface area contributed by atoms with E-state index in [1.807, 2.05) is 6.92 Å². The van der Waals surface area contributed by atoms with Crippen LogP contribution in [0.4, 0.5) is 0 Å².